The van der Waals surface area contributed by atoms with Crippen LogP contribution in [0.1, 0.15) is 18.9 Å². The molecule has 0 N–H and O–H groups in total. The average molecular weight is 303 g/mol. The van der Waals surface area contributed by atoms with E-state index in [1.807, 2.05) is 12.1 Å². The lowest BCUT2D eigenvalue weighted by Crippen LogP contribution is -2.39. The van der Waals surface area contributed by atoms with E-state index >= 15 is 0 Å². The predicted molar refractivity (Wildman–Crippen MR) is 73.2 cm³/mol. The maximum atomic E-state index is 5.99. The molecule has 0 saturated carbocycles. The molecule has 2 unspecified atom stereocenters. The summed E-state index contributed by atoms with van der Waals surface area (Å²) in [5, 5.41) is 0.832. The number of alkyl halides is 1. The number of rotatable bonds is 2. The van der Waals surface area contributed by atoms with Gasteiger partial charge in [-0.1, -0.05) is 46.6 Å². The van der Waals surface area contributed by atoms with Gasteiger partial charge in [-0.15, -0.1) is 0 Å². The van der Waals surface area contributed by atoms with E-state index in [9.17, 15) is 0 Å². The number of nitrogens with zero attached hydrogens (tertiary/aromatic N) is 1. The Hall–Kier alpha value is -0.0500. The first-order valence-electron chi connectivity index (χ1n) is 5.76. The van der Waals surface area contributed by atoms with Crippen molar-refractivity contribution in [3.63, 3.8) is 0 Å². The highest BCUT2D eigenvalue weighted by molar-refractivity contribution is 9.09. The van der Waals surface area contributed by atoms with E-state index in [4.69, 9.17) is 11.6 Å². The largest absolute Gasteiger partial charge is 0.298 e. The first kappa shape index (κ1) is 12.4. The summed E-state index contributed by atoms with van der Waals surface area (Å²) in [4.78, 5) is 3.12. The summed E-state index contributed by atoms with van der Waals surface area (Å²) in [5.74, 6) is 0.788. The van der Waals surface area contributed by atoms with Crippen molar-refractivity contribution in [2.45, 2.75) is 24.7 Å². The second-order valence-corrected chi connectivity index (χ2v) is 6.26. The highest BCUT2D eigenvalue weighted by Crippen LogP contribution is 2.24. The summed E-state index contributed by atoms with van der Waals surface area (Å²) in [7, 11) is 0. The zero-order valence-corrected chi connectivity index (χ0v) is 11.8. The molecule has 0 aliphatic carbocycles. The Morgan fingerprint density at radius 1 is 1.50 bits per heavy atom. The maximum Gasteiger partial charge on any atom is 0.0409 e. The van der Waals surface area contributed by atoms with E-state index in [0.717, 1.165) is 24.0 Å². The predicted octanol–water partition coefficient (Wildman–Crippen LogP) is 3.95. The van der Waals surface area contributed by atoms with E-state index in [1.54, 1.807) is 0 Å². The molecule has 0 aromatic heterocycles. The third kappa shape index (κ3) is 3.22. The summed E-state index contributed by atoms with van der Waals surface area (Å²) < 4.78 is 0. The third-order valence-corrected chi connectivity index (χ3v) is 4.67. The van der Waals surface area contributed by atoms with Crippen molar-refractivity contribution in [2.75, 3.05) is 13.1 Å². The van der Waals surface area contributed by atoms with Gasteiger partial charge in [-0.2, -0.15) is 0 Å². The lowest BCUT2D eigenvalue weighted by atomic mass is 9.98. The quantitative estimate of drug-likeness (QED) is 0.748. The van der Waals surface area contributed by atoms with Crippen LogP contribution in [0.5, 0.6) is 0 Å². The molecule has 88 valence electrons. The molecule has 1 aliphatic rings. The molecule has 0 amide bonds. The highest BCUT2D eigenvalue weighted by Gasteiger charge is 2.23. The molecule has 1 nitrogen and oxygen atoms in total. The summed E-state index contributed by atoms with van der Waals surface area (Å²) in [5.41, 5.74) is 1.31. The number of hydrogen-bond donors (Lipinski definition) is 0. The third-order valence-electron chi connectivity index (χ3n) is 3.25. The van der Waals surface area contributed by atoms with E-state index in [1.165, 1.54) is 18.5 Å². The lowest BCUT2D eigenvalue weighted by molar-refractivity contribution is 0.194. The highest BCUT2D eigenvalue weighted by atomic mass is 79.9. The molecule has 1 heterocycles. The molecule has 2 atom stereocenters. The Kier molecular flexibility index (Phi) is 4.28. The maximum absolute atomic E-state index is 5.99. The van der Waals surface area contributed by atoms with Crippen molar-refractivity contribution in [3.05, 3.63) is 34.9 Å². The van der Waals surface area contributed by atoms with E-state index in [0.29, 0.717) is 4.83 Å². The second-order valence-electron chi connectivity index (χ2n) is 4.65. The smallest absolute Gasteiger partial charge is 0.0409 e. The van der Waals surface area contributed by atoms with Crippen LogP contribution >= 0.6 is 27.5 Å². The number of halogens is 2. The minimum Gasteiger partial charge on any atom is -0.298 e. The summed E-state index contributed by atoms with van der Waals surface area (Å²) in [6.07, 6.45) is 1.27. The molecule has 16 heavy (non-hydrogen) atoms. The van der Waals surface area contributed by atoms with Gasteiger partial charge in [-0.3, -0.25) is 4.90 Å². The van der Waals surface area contributed by atoms with Crippen LogP contribution in [0.25, 0.3) is 0 Å². The minimum atomic E-state index is 0.625. The van der Waals surface area contributed by atoms with Gasteiger partial charge in [0.25, 0.3) is 0 Å². The molecular formula is C13H17BrClN. The second kappa shape index (κ2) is 5.52. The molecule has 0 bridgehead atoms. The van der Waals surface area contributed by atoms with Crippen LogP contribution in [0, 0.1) is 5.92 Å². The fourth-order valence-corrected chi connectivity index (χ4v) is 3.01. The van der Waals surface area contributed by atoms with E-state index in [2.05, 4.69) is 39.9 Å². The van der Waals surface area contributed by atoms with Gasteiger partial charge in [0.05, 0.1) is 0 Å². The van der Waals surface area contributed by atoms with Crippen molar-refractivity contribution in [2.24, 2.45) is 5.92 Å². The molecule has 2 rings (SSSR count). The minimum absolute atomic E-state index is 0.625. The molecule has 3 heteroatoms. The van der Waals surface area contributed by atoms with Crippen molar-refractivity contribution in [3.8, 4) is 0 Å². The average Bonchev–Trinajstić information content (AvgIpc) is 2.24. The number of piperidine rings is 1. The van der Waals surface area contributed by atoms with E-state index in [-0.39, 0.29) is 0 Å². The van der Waals surface area contributed by atoms with Gasteiger partial charge in [0.2, 0.25) is 0 Å². The Bertz CT molecular complexity index is 356. The Morgan fingerprint density at radius 3 is 3.00 bits per heavy atom. The molecule has 0 radical (unpaired) electrons. The fourth-order valence-electron chi connectivity index (χ4n) is 2.12. The van der Waals surface area contributed by atoms with Gasteiger partial charge in [0.15, 0.2) is 0 Å². The molecule has 1 aromatic carbocycles. The Morgan fingerprint density at radius 2 is 2.31 bits per heavy atom. The van der Waals surface area contributed by atoms with Gasteiger partial charge >= 0.3 is 0 Å². The molecule has 1 aliphatic heterocycles. The van der Waals surface area contributed by atoms with Gasteiger partial charge in [-0.05, 0) is 36.6 Å². The van der Waals surface area contributed by atoms with Crippen LogP contribution in [0.4, 0.5) is 0 Å². The summed E-state index contributed by atoms with van der Waals surface area (Å²) in [6, 6.07) is 8.16. The van der Waals surface area contributed by atoms with Crippen LogP contribution in [0.15, 0.2) is 24.3 Å². The van der Waals surface area contributed by atoms with Gasteiger partial charge in [-0.25, -0.2) is 0 Å². The summed E-state index contributed by atoms with van der Waals surface area (Å²) >= 11 is 9.74. The van der Waals surface area contributed by atoms with Crippen LogP contribution in [0.3, 0.4) is 0 Å². The lowest BCUT2D eigenvalue weighted by Gasteiger charge is -2.34. The topological polar surface area (TPSA) is 3.24 Å². The van der Waals surface area contributed by atoms with Crippen LogP contribution < -0.4 is 0 Å². The van der Waals surface area contributed by atoms with Gasteiger partial charge < -0.3 is 0 Å². The molecule has 1 aromatic rings. The molecular weight excluding hydrogens is 286 g/mol. The van der Waals surface area contributed by atoms with Gasteiger partial charge in [0, 0.05) is 22.9 Å². The molecule has 0 spiro atoms. The van der Waals surface area contributed by atoms with E-state index < -0.39 is 0 Å². The zero-order valence-electron chi connectivity index (χ0n) is 9.50. The molecule has 1 fully saturated rings. The Labute approximate surface area is 111 Å². The van der Waals surface area contributed by atoms with Crippen molar-refractivity contribution >= 4 is 27.5 Å². The molecule has 1 saturated heterocycles. The van der Waals surface area contributed by atoms with Crippen LogP contribution in [0.2, 0.25) is 5.02 Å². The van der Waals surface area contributed by atoms with Crippen LogP contribution in [-0.2, 0) is 6.54 Å². The SMILES string of the molecule is CC1CCN(Cc2cccc(Cl)c2)CC1Br. The first-order valence-corrected chi connectivity index (χ1v) is 7.05. The van der Waals surface area contributed by atoms with Gasteiger partial charge in [0.1, 0.15) is 0 Å². The Balaban J connectivity index is 1.95. The zero-order chi connectivity index (χ0) is 11.5. The monoisotopic (exact) mass is 301 g/mol. The number of benzene rings is 1. The number of hydrogen-bond acceptors (Lipinski definition) is 1. The fraction of sp³-hybridized carbons (Fsp3) is 0.538. The first-order chi connectivity index (χ1) is 7.65. The van der Waals surface area contributed by atoms with Crippen LogP contribution in [-0.4, -0.2) is 22.8 Å². The van der Waals surface area contributed by atoms with Crippen molar-refractivity contribution < 1.29 is 0 Å². The van der Waals surface area contributed by atoms with Crippen molar-refractivity contribution in [1.29, 1.82) is 0 Å². The van der Waals surface area contributed by atoms with Crippen molar-refractivity contribution in [1.82, 2.24) is 4.90 Å². The summed E-state index contributed by atoms with van der Waals surface area (Å²) in [6.45, 7) is 5.65. The standard InChI is InChI=1S/C13H17BrClN/c1-10-5-6-16(9-13(10)14)8-11-3-2-4-12(15)7-11/h2-4,7,10,13H,5-6,8-9H2,1H3. The normalized spacial score (nSPS) is 26.9. The number of likely N-dealkylation sites (tertiary alicyclic amines) is 1.